The fraction of sp³-hybridized carbons (Fsp3) is 0.0769. The summed E-state index contributed by atoms with van der Waals surface area (Å²) in [4.78, 5) is 4.45. The van der Waals surface area contributed by atoms with Crippen molar-refractivity contribution in [2.24, 2.45) is 7.05 Å². The van der Waals surface area contributed by atoms with Crippen LogP contribution in [0.4, 0.5) is 0 Å². The molecule has 0 saturated heterocycles. The van der Waals surface area contributed by atoms with Crippen molar-refractivity contribution in [1.29, 1.82) is 5.26 Å². The lowest BCUT2D eigenvalue weighted by atomic mass is 10.2. The van der Waals surface area contributed by atoms with Crippen molar-refractivity contribution >= 4 is 22.6 Å². The van der Waals surface area contributed by atoms with Gasteiger partial charge in [0.05, 0.1) is 11.1 Å². The second-order valence-corrected chi connectivity index (χ2v) is 4.26. The van der Waals surface area contributed by atoms with E-state index in [-0.39, 0.29) is 0 Å². The van der Waals surface area contributed by atoms with Crippen LogP contribution in [0.2, 0.25) is 5.22 Å². The number of hydrogen-bond acceptors (Lipinski definition) is 3. The van der Waals surface area contributed by atoms with Crippen molar-refractivity contribution in [3.05, 3.63) is 41.1 Å². The molecule has 0 N–H and O–H groups in total. The van der Waals surface area contributed by atoms with Crippen LogP contribution in [0.15, 0.2) is 34.7 Å². The first-order valence-corrected chi connectivity index (χ1v) is 5.70. The summed E-state index contributed by atoms with van der Waals surface area (Å²) in [6, 6.07) is 11.1. The Morgan fingerprint density at radius 2 is 2.17 bits per heavy atom. The van der Waals surface area contributed by atoms with Crippen molar-refractivity contribution < 1.29 is 4.42 Å². The van der Waals surface area contributed by atoms with Gasteiger partial charge in [0.15, 0.2) is 16.8 Å². The van der Waals surface area contributed by atoms with Crippen molar-refractivity contribution in [1.82, 2.24) is 9.55 Å². The third-order valence-electron chi connectivity index (χ3n) is 2.83. The highest BCUT2D eigenvalue weighted by atomic mass is 35.5. The van der Waals surface area contributed by atoms with Crippen molar-refractivity contribution in [3.63, 3.8) is 0 Å². The van der Waals surface area contributed by atoms with Gasteiger partial charge in [-0.25, -0.2) is 4.98 Å². The molecule has 18 heavy (non-hydrogen) atoms. The monoisotopic (exact) mass is 257 g/mol. The first-order valence-electron chi connectivity index (χ1n) is 5.32. The maximum Gasteiger partial charge on any atom is 0.194 e. The van der Waals surface area contributed by atoms with E-state index in [1.807, 2.05) is 23.7 Å². The molecule has 2 aromatic heterocycles. The Kier molecular flexibility index (Phi) is 2.35. The van der Waals surface area contributed by atoms with E-state index in [1.54, 1.807) is 18.2 Å². The van der Waals surface area contributed by atoms with E-state index < -0.39 is 0 Å². The second kappa shape index (κ2) is 3.90. The van der Waals surface area contributed by atoms with Crippen LogP contribution in [0, 0.1) is 11.3 Å². The number of halogens is 1. The summed E-state index contributed by atoms with van der Waals surface area (Å²) in [5.41, 5.74) is 2.11. The second-order valence-electron chi connectivity index (χ2n) is 3.88. The molecule has 0 radical (unpaired) electrons. The Bertz CT molecular complexity index is 779. The third-order valence-corrected chi connectivity index (χ3v) is 3.03. The molecular formula is C13H8ClN3O. The van der Waals surface area contributed by atoms with Crippen molar-refractivity contribution in [2.45, 2.75) is 0 Å². The topological polar surface area (TPSA) is 54.8 Å². The van der Waals surface area contributed by atoms with Gasteiger partial charge in [-0.3, -0.25) is 0 Å². The van der Waals surface area contributed by atoms with E-state index in [9.17, 15) is 0 Å². The molecule has 0 amide bonds. The third kappa shape index (κ3) is 1.49. The molecule has 0 aliphatic carbocycles. The lowest BCUT2D eigenvalue weighted by Crippen LogP contribution is -1.90. The number of imidazole rings is 1. The Morgan fingerprint density at radius 1 is 1.33 bits per heavy atom. The molecule has 0 saturated carbocycles. The number of nitriles is 1. The lowest BCUT2D eigenvalue weighted by molar-refractivity contribution is 0.576. The number of furan rings is 1. The fourth-order valence-electron chi connectivity index (χ4n) is 1.96. The maximum absolute atomic E-state index is 9.07. The van der Waals surface area contributed by atoms with Gasteiger partial charge in [-0.1, -0.05) is 6.07 Å². The van der Waals surface area contributed by atoms with Gasteiger partial charge < -0.3 is 8.98 Å². The molecule has 5 heteroatoms. The van der Waals surface area contributed by atoms with E-state index in [0.29, 0.717) is 27.9 Å². The fourth-order valence-corrected chi connectivity index (χ4v) is 2.11. The number of benzene rings is 1. The van der Waals surface area contributed by atoms with E-state index in [2.05, 4.69) is 11.1 Å². The highest BCUT2D eigenvalue weighted by molar-refractivity contribution is 6.28. The Labute approximate surface area is 108 Å². The Balaban J connectivity index is 2.33. The minimum atomic E-state index is 0.317. The molecule has 0 atom stereocenters. The zero-order valence-corrected chi connectivity index (χ0v) is 10.3. The Morgan fingerprint density at radius 3 is 2.83 bits per heavy atom. The quantitative estimate of drug-likeness (QED) is 0.672. The molecule has 3 rings (SSSR count). The summed E-state index contributed by atoms with van der Waals surface area (Å²) in [5, 5.41) is 9.38. The van der Waals surface area contributed by atoms with Gasteiger partial charge in [0.25, 0.3) is 0 Å². The average molecular weight is 258 g/mol. The van der Waals surface area contributed by atoms with Crippen LogP contribution in [0.1, 0.15) is 5.56 Å². The largest absolute Gasteiger partial charge is 0.441 e. The number of aryl methyl sites for hydroxylation is 1. The molecule has 3 aromatic rings. The number of para-hydroxylation sites is 1. The molecule has 88 valence electrons. The number of fused-ring (bicyclic) bond motifs is 1. The highest BCUT2D eigenvalue weighted by Crippen LogP contribution is 2.28. The van der Waals surface area contributed by atoms with E-state index in [1.165, 1.54) is 0 Å². The van der Waals surface area contributed by atoms with Crippen LogP contribution in [0.5, 0.6) is 0 Å². The van der Waals surface area contributed by atoms with Crippen LogP contribution in [-0.2, 0) is 7.05 Å². The van der Waals surface area contributed by atoms with Crippen molar-refractivity contribution in [2.75, 3.05) is 0 Å². The first-order chi connectivity index (χ1) is 8.70. The molecular weight excluding hydrogens is 250 g/mol. The van der Waals surface area contributed by atoms with Gasteiger partial charge in [0.2, 0.25) is 0 Å². The van der Waals surface area contributed by atoms with E-state index >= 15 is 0 Å². The summed E-state index contributed by atoms with van der Waals surface area (Å²) >= 11 is 5.76. The van der Waals surface area contributed by atoms with Gasteiger partial charge >= 0.3 is 0 Å². The van der Waals surface area contributed by atoms with Crippen LogP contribution in [0.25, 0.3) is 22.6 Å². The van der Waals surface area contributed by atoms with Crippen LogP contribution < -0.4 is 0 Å². The SMILES string of the molecule is Cn1c(-c2ccc(Cl)o2)nc2c(C#N)cccc21. The standard InChI is InChI=1S/C13H8ClN3O/c1-17-9-4-2-3-8(7-15)12(9)16-13(17)10-5-6-11(14)18-10/h2-6H,1H3. The molecule has 4 nitrogen and oxygen atoms in total. The zero-order chi connectivity index (χ0) is 12.7. The predicted octanol–water partition coefficient (Wildman–Crippen LogP) is 3.36. The summed E-state index contributed by atoms with van der Waals surface area (Å²) in [7, 11) is 1.88. The average Bonchev–Trinajstić information content (AvgIpc) is 2.94. The van der Waals surface area contributed by atoms with Gasteiger partial charge in [-0.15, -0.1) is 0 Å². The summed E-state index contributed by atoms with van der Waals surface area (Å²) in [5.74, 6) is 1.24. The van der Waals surface area contributed by atoms with E-state index in [4.69, 9.17) is 21.3 Å². The summed E-state index contributed by atoms with van der Waals surface area (Å²) in [6.45, 7) is 0. The van der Waals surface area contributed by atoms with E-state index in [0.717, 1.165) is 5.52 Å². The molecule has 0 unspecified atom stereocenters. The van der Waals surface area contributed by atoms with Crippen molar-refractivity contribution in [3.8, 4) is 17.7 Å². The molecule has 1 aromatic carbocycles. The van der Waals surface area contributed by atoms with Gasteiger partial charge in [0, 0.05) is 7.05 Å². The molecule has 0 aliphatic heterocycles. The Hall–Kier alpha value is -2.25. The summed E-state index contributed by atoms with van der Waals surface area (Å²) < 4.78 is 7.23. The molecule has 0 bridgehead atoms. The lowest BCUT2D eigenvalue weighted by Gasteiger charge is -1.98. The highest BCUT2D eigenvalue weighted by Gasteiger charge is 2.14. The number of rotatable bonds is 1. The molecule has 2 heterocycles. The smallest absolute Gasteiger partial charge is 0.194 e. The van der Waals surface area contributed by atoms with Gasteiger partial charge in [-0.2, -0.15) is 5.26 Å². The minimum absolute atomic E-state index is 0.317. The number of aromatic nitrogens is 2. The van der Waals surface area contributed by atoms with Crippen LogP contribution >= 0.6 is 11.6 Å². The number of nitrogens with zero attached hydrogens (tertiary/aromatic N) is 3. The molecule has 0 spiro atoms. The zero-order valence-electron chi connectivity index (χ0n) is 9.51. The maximum atomic E-state index is 9.07. The van der Waals surface area contributed by atoms with Gasteiger partial charge in [0.1, 0.15) is 11.6 Å². The number of hydrogen-bond donors (Lipinski definition) is 0. The first kappa shape index (κ1) is 10.9. The summed E-state index contributed by atoms with van der Waals surface area (Å²) in [6.07, 6.45) is 0. The molecule has 0 aliphatic rings. The minimum Gasteiger partial charge on any atom is -0.441 e. The predicted molar refractivity (Wildman–Crippen MR) is 68.1 cm³/mol. The normalized spacial score (nSPS) is 10.7. The molecule has 0 fully saturated rings. The van der Waals surface area contributed by atoms with Gasteiger partial charge in [-0.05, 0) is 35.9 Å². The van der Waals surface area contributed by atoms with Crippen LogP contribution in [-0.4, -0.2) is 9.55 Å². The van der Waals surface area contributed by atoms with Crippen LogP contribution in [0.3, 0.4) is 0 Å².